The molecule has 0 aliphatic rings. The van der Waals surface area contributed by atoms with Crippen molar-refractivity contribution in [2.45, 2.75) is 6.54 Å². The van der Waals surface area contributed by atoms with E-state index >= 15 is 0 Å². The number of aromatic nitrogens is 2. The Morgan fingerprint density at radius 3 is 2.76 bits per heavy atom. The summed E-state index contributed by atoms with van der Waals surface area (Å²) >= 11 is 6.07. The fraction of sp³-hybridized carbons (Fsp3) is 0.0667. The number of nitrogens with one attached hydrogen (secondary N) is 2. The first-order valence-electron chi connectivity index (χ1n) is 6.32. The molecule has 0 unspecified atom stereocenters. The second-order valence-electron chi connectivity index (χ2n) is 4.64. The lowest BCUT2D eigenvalue weighted by atomic mass is 10.1. The van der Waals surface area contributed by atoms with Gasteiger partial charge in [-0.25, -0.2) is 4.79 Å². The van der Waals surface area contributed by atoms with Crippen molar-refractivity contribution >= 4 is 34.2 Å². The van der Waals surface area contributed by atoms with E-state index in [1.165, 1.54) is 0 Å². The van der Waals surface area contributed by atoms with Crippen LogP contribution in [-0.2, 0) is 6.54 Å². The van der Waals surface area contributed by atoms with Gasteiger partial charge in [-0.15, -0.1) is 0 Å². The Balaban J connectivity index is 1.80. The summed E-state index contributed by atoms with van der Waals surface area (Å²) in [6.07, 6.45) is 1.74. The Bertz CT molecular complexity index is 796. The Morgan fingerprint density at radius 2 is 2.05 bits per heavy atom. The molecule has 0 aliphatic heterocycles. The van der Waals surface area contributed by atoms with Crippen LogP contribution < -0.4 is 5.32 Å². The number of hydrogen-bond donors (Lipinski definition) is 3. The molecule has 0 saturated heterocycles. The van der Waals surface area contributed by atoms with Crippen LogP contribution >= 0.6 is 11.6 Å². The van der Waals surface area contributed by atoms with Crippen molar-refractivity contribution < 1.29 is 9.90 Å². The van der Waals surface area contributed by atoms with Crippen molar-refractivity contribution in [3.8, 4) is 0 Å². The normalized spacial score (nSPS) is 10.7. The molecule has 0 aliphatic carbocycles. The van der Waals surface area contributed by atoms with Crippen LogP contribution in [0.3, 0.4) is 0 Å². The molecule has 3 N–H and O–H groups in total. The molecule has 106 valence electrons. The van der Waals surface area contributed by atoms with Crippen molar-refractivity contribution in [1.82, 2.24) is 10.2 Å². The molecule has 0 atom stereocenters. The molecule has 6 heteroatoms. The summed E-state index contributed by atoms with van der Waals surface area (Å²) in [5, 5.41) is 20.6. The maximum absolute atomic E-state index is 10.8. The number of carbonyl (C=O) groups is 1. The van der Waals surface area contributed by atoms with Crippen molar-refractivity contribution in [3.63, 3.8) is 0 Å². The molecule has 0 bridgehead atoms. The topological polar surface area (TPSA) is 78.0 Å². The van der Waals surface area contributed by atoms with Gasteiger partial charge in [-0.2, -0.15) is 5.10 Å². The van der Waals surface area contributed by atoms with Gasteiger partial charge in [0, 0.05) is 22.6 Å². The zero-order valence-electron chi connectivity index (χ0n) is 10.9. The van der Waals surface area contributed by atoms with Crippen LogP contribution in [0, 0.1) is 0 Å². The van der Waals surface area contributed by atoms with Gasteiger partial charge < -0.3 is 10.4 Å². The van der Waals surface area contributed by atoms with Crippen LogP contribution in [0.1, 0.15) is 15.9 Å². The third kappa shape index (κ3) is 2.83. The van der Waals surface area contributed by atoms with Gasteiger partial charge in [0.1, 0.15) is 0 Å². The summed E-state index contributed by atoms with van der Waals surface area (Å²) < 4.78 is 0. The number of aromatic amines is 1. The zero-order chi connectivity index (χ0) is 14.8. The molecule has 0 amide bonds. The fourth-order valence-corrected chi connectivity index (χ4v) is 2.34. The Kier molecular flexibility index (Phi) is 3.50. The van der Waals surface area contributed by atoms with Gasteiger partial charge in [-0.1, -0.05) is 23.7 Å². The largest absolute Gasteiger partial charge is 0.478 e. The van der Waals surface area contributed by atoms with Gasteiger partial charge in [-0.3, -0.25) is 5.10 Å². The molecule has 0 radical (unpaired) electrons. The number of rotatable bonds is 4. The highest BCUT2D eigenvalue weighted by molar-refractivity contribution is 6.31. The predicted octanol–water partition coefficient (Wildman–Crippen LogP) is 3.53. The number of nitrogens with zero attached hydrogens (tertiary/aromatic N) is 1. The van der Waals surface area contributed by atoms with Crippen LogP contribution in [0.25, 0.3) is 10.9 Å². The number of carboxylic acids is 1. The Morgan fingerprint density at radius 1 is 1.29 bits per heavy atom. The molecule has 3 rings (SSSR count). The van der Waals surface area contributed by atoms with Gasteiger partial charge in [-0.05, 0) is 29.8 Å². The number of aromatic carboxylic acids is 1. The molecule has 5 nitrogen and oxygen atoms in total. The number of benzene rings is 2. The summed E-state index contributed by atoms with van der Waals surface area (Å²) in [7, 11) is 0. The minimum Gasteiger partial charge on any atom is -0.478 e. The smallest absolute Gasteiger partial charge is 0.335 e. The first-order chi connectivity index (χ1) is 10.1. The molecular weight excluding hydrogens is 290 g/mol. The number of H-pyrrole nitrogens is 1. The number of halogens is 1. The second-order valence-corrected chi connectivity index (χ2v) is 5.08. The highest BCUT2D eigenvalue weighted by Crippen LogP contribution is 2.26. The van der Waals surface area contributed by atoms with Crippen LogP contribution in [0.5, 0.6) is 0 Å². The fourth-order valence-electron chi connectivity index (χ4n) is 2.12. The molecule has 0 spiro atoms. The number of anilines is 1. The van der Waals surface area contributed by atoms with E-state index in [0.29, 0.717) is 11.6 Å². The second kappa shape index (κ2) is 5.46. The summed E-state index contributed by atoms with van der Waals surface area (Å²) in [5.41, 5.74) is 3.01. The van der Waals surface area contributed by atoms with E-state index in [-0.39, 0.29) is 5.56 Å². The van der Waals surface area contributed by atoms with Crippen LogP contribution in [0.15, 0.2) is 42.6 Å². The van der Waals surface area contributed by atoms with E-state index in [4.69, 9.17) is 16.7 Å². The summed E-state index contributed by atoms with van der Waals surface area (Å²) in [6.45, 7) is 0.570. The van der Waals surface area contributed by atoms with Crippen LogP contribution in [0.2, 0.25) is 5.02 Å². The number of hydrogen-bond acceptors (Lipinski definition) is 3. The Hall–Kier alpha value is -2.53. The van der Waals surface area contributed by atoms with Gasteiger partial charge in [0.25, 0.3) is 0 Å². The summed E-state index contributed by atoms with van der Waals surface area (Å²) in [5.74, 6) is -0.926. The molecule has 0 fully saturated rings. The minimum absolute atomic E-state index is 0.277. The molecule has 2 aromatic carbocycles. The number of fused-ring (bicyclic) bond motifs is 1. The average Bonchev–Trinajstić information content (AvgIpc) is 2.93. The van der Waals surface area contributed by atoms with E-state index < -0.39 is 5.97 Å². The Labute approximate surface area is 125 Å². The summed E-state index contributed by atoms with van der Waals surface area (Å²) in [6, 6.07) is 10.4. The third-order valence-electron chi connectivity index (χ3n) is 3.21. The quantitative estimate of drug-likeness (QED) is 0.689. The van der Waals surface area contributed by atoms with Crippen molar-refractivity contribution in [2.24, 2.45) is 0 Å². The average molecular weight is 302 g/mol. The maximum Gasteiger partial charge on any atom is 0.335 e. The SMILES string of the molecule is O=C(O)c1ccc(CNc2cc(Cl)cc3[nH]ncc23)cc1. The van der Waals surface area contributed by atoms with Gasteiger partial charge >= 0.3 is 5.97 Å². The van der Waals surface area contributed by atoms with E-state index in [2.05, 4.69) is 15.5 Å². The molecule has 1 aromatic heterocycles. The van der Waals surface area contributed by atoms with E-state index in [0.717, 1.165) is 22.2 Å². The lowest BCUT2D eigenvalue weighted by molar-refractivity contribution is 0.0697. The first-order valence-corrected chi connectivity index (χ1v) is 6.70. The molecule has 1 heterocycles. The third-order valence-corrected chi connectivity index (χ3v) is 3.43. The van der Waals surface area contributed by atoms with Crippen molar-refractivity contribution in [3.05, 3.63) is 58.7 Å². The van der Waals surface area contributed by atoms with E-state index in [9.17, 15) is 4.79 Å². The van der Waals surface area contributed by atoms with E-state index in [1.807, 2.05) is 12.1 Å². The lowest BCUT2D eigenvalue weighted by Gasteiger charge is -2.08. The van der Waals surface area contributed by atoms with Crippen molar-refractivity contribution in [2.75, 3.05) is 5.32 Å². The van der Waals surface area contributed by atoms with Crippen molar-refractivity contribution in [1.29, 1.82) is 0 Å². The lowest BCUT2D eigenvalue weighted by Crippen LogP contribution is -2.01. The maximum atomic E-state index is 10.8. The van der Waals surface area contributed by atoms with Gasteiger partial charge in [0.15, 0.2) is 0 Å². The molecular formula is C15H12ClN3O2. The first kappa shape index (κ1) is 13.5. The van der Waals surface area contributed by atoms with E-state index in [1.54, 1.807) is 30.5 Å². The van der Waals surface area contributed by atoms with Crippen LogP contribution in [-0.4, -0.2) is 21.3 Å². The highest BCUT2D eigenvalue weighted by Gasteiger charge is 2.06. The molecule has 0 saturated carbocycles. The predicted molar refractivity (Wildman–Crippen MR) is 81.8 cm³/mol. The standard InChI is InChI=1S/C15H12ClN3O2/c16-11-5-13(12-8-18-19-14(12)6-11)17-7-9-1-3-10(4-2-9)15(20)21/h1-6,8,17H,7H2,(H,18,19)(H,20,21). The van der Waals surface area contributed by atoms with Gasteiger partial charge in [0.05, 0.1) is 17.3 Å². The number of carboxylic acid groups (broad SMARTS) is 1. The zero-order valence-corrected chi connectivity index (χ0v) is 11.7. The van der Waals surface area contributed by atoms with Crippen LogP contribution in [0.4, 0.5) is 5.69 Å². The van der Waals surface area contributed by atoms with Gasteiger partial charge in [0.2, 0.25) is 0 Å². The summed E-state index contributed by atoms with van der Waals surface area (Å²) in [4.78, 5) is 10.8. The monoisotopic (exact) mass is 301 g/mol. The molecule has 3 aromatic rings. The molecule has 21 heavy (non-hydrogen) atoms. The highest BCUT2D eigenvalue weighted by atomic mass is 35.5. The minimum atomic E-state index is -0.926.